The van der Waals surface area contributed by atoms with Crippen LogP contribution in [0.3, 0.4) is 0 Å². The molecule has 0 aliphatic carbocycles. The average molecular weight is 943 g/mol. The molecule has 0 aliphatic rings. The number of benzene rings is 10. The van der Waals surface area contributed by atoms with Crippen molar-refractivity contribution in [1.29, 1.82) is 0 Å². The van der Waals surface area contributed by atoms with Crippen molar-refractivity contribution in [3.05, 3.63) is 206 Å². The second-order valence-electron chi connectivity index (χ2n) is 18.2. The number of hydrogen-bond donors (Lipinski definition) is 0. The van der Waals surface area contributed by atoms with Crippen LogP contribution in [-0.2, 0) is 0 Å². The lowest BCUT2D eigenvalue weighted by molar-refractivity contribution is 0.668. The molecule has 0 bridgehead atoms. The van der Waals surface area contributed by atoms with Crippen molar-refractivity contribution in [1.82, 2.24) is 19.5 Å². The van der Waals surface area contributed by atoms with Crippen molar-refractivity contribution < 1.29 is 8.83 Å². The lowest BCUT2D eigenvalue weighted by atomic mass is 9.98. The molecule has 0 fully saturated rings. The summed E-state index contributed by atoms with van der Waals surface area (Å²) in [6.45, 7) is 0. The van der Waals surface area contributed by atoms with Crippen molar-refractivity contribution in [3.8, 4) is 51.0 Å². The molecule has 16 rings (SSSR count). The van der Waals surface area contributed by atoms with E-state index in [0.29, 0.717) is 17.5 Å². The Labute approximate surface area is 411 Å². The van der Waals surface area contributed by atoms with E-state index in [2.05, 4.69) is 180 Å². The number of para-hydroxylation sites is 3. The van der Waals surface area contributed by atoms with Gasteiger partial charge in [0, 0.05) is 101 Å². The average Bonchev–Trinajstić information content (AvgIpc) is 4.25. The summed E-state index contributed by atoms with van der Waals surface area (Å²) >= 11 is 3.62. The van der Waals surface area contributed by atoms with E-state index in [0.717, 1.165) is 87.6 Å². The molecule has 16 aromatic rings. The second kappa shape index (κ2) is 14.8. The Morgan fingerprint density at radius 1 is 0.338 bits per heavy atom. The topological polar surface area (TPSA) is 69.9 Å². The molecule has 10 aromatic carbocycles. The lowest BCUT2D eigenvalue weighted by Crippen LogP contribution is -2.00. The van der Waals surface area contributed by atoms with E-state index in [1.807, 2.05) is 41.7 Å². The van der Waals surface area contributed by atoms with Gasteiger partial charge in [-0.1, -0.05) is 127 Å². The molecule has 71 heavy (non-hydrogen) atoms. The molecule has 0 unspecified atom stereocenters. The van der Waals surface area contributed by atoms with E-state index < -0.39 is 0 Å². The van der Waals surface area contributed by atoms with Gasteiger partial charge in [0.25, 0.3) is 0 Å². The Hall–Kier alpha value is -8.95. The summed E-state index contributed by atoms with van der Waals surface area (Å²) < 4.78 is 20.5. The number of furan rings is 2. The molecule has 330 valence electrons. The van der Waals surface area contributed by atoms with Gasteiger partial charge in [-0.15, -0.1) is 22.7 Å². The predicted octanol–water partition coefficient (Wildman–Crippen LogP) is 18.2. The predicted molar refractivity (Wildman–Crippen MR) is 296 cm³/mol. The monoisotopic (exact) mass is 942 g/mol. The van der Waals surface area contributed by atoms with E-state index in [1.165, 1.54) is 51.9 Å². The highest BCUT2D eigenvalue weighted by Gasteiger charge is 2.24. The van der Waals surface area contributed by atoms with Gasteiger partial charge >= 0.3 is 0 Å². The summed E-state index contributed by atoms with van der Waals surface area (Å²) in [6.07, 6.45) is 0. The Morgan fingerprint density at radius 2 is 0.972 bits per heavy atom. The van der Waals surface area contributed by atoms with Crippen LogP contribution in [0.25, 0.3) is 157 Å². The van der Waals surface area contributed by atoms with Crippen molar-refractivity contribution in [3.63, 3.8) is 0 Å². The van der Waals surface area contributed by atoms with Gasteiger partial charge in [-0.2, -0.15) is 0 Å². The van der Waals surface area contributed by atoms with Gasteiger partial charge < -0.3 is 13.4 Å². The van der Waals surface area contributed by atoms with Gasteiger partial charge in [0.05, 0.1) is 11.0 Å². The van der Waals surface area contributed by atoms with Crippen LogP contribution in [0.5, 0.6) is 0 Å². The zero-order valence-corrected chi connectivity index (χ0v) is 39.2. The van der Waals surface area contributed by atoms with E-state index in [1.54, 1.807) is 11.3 Å². The molecule has 0 radical (unpaired) electrons. The molecule has 0 aliphatic heterocycles. The summed E-state index contributed by atoms with van der Waals surface area (Å²) in [5.41, 5.74) is 11.5. The number of rotatable bonds is 5. The molecule has 6 aromatic heterocycles. The maximum atomic E-state index is 6.73. The summed E-state index contributed by atoms with van der Waals surface area (Å²) in [5, 5.41) is 11.5. The van der Waals surface area contributed by atoms with Gasteiger partial charge in [-0.3, -0.25) is 0 Å². The molecule has 6 heterocycles. The van der Waals surface area contributed by atoms with E-state index in [9.17, 15) is 0 Å². The highest BCUT2D eigenvalue weighted by Crippen LogP contribution is 2.47. The Bertz CT molecular complexity index is 4900. The van der Waals surface area contributed by atoms with E-state index in [-0.39, 0.29) is 0 Å². The first-order valence-corrected chi connectivity index (χ1v) is 25.3. The van der Waals surface area contributed by atoms with Crippen LogP contribution in [0, 0.1) is 0 Å². The number of hydrogen-bond acceptors (Lipinski definition) is 7. The number of thiophene rings is 2. The van der Waals surface area contributed by atoms with Gasteiger partial charge in [0.15, 0.2) is 17.5 Å². The first-order valence-electron chi connectivity index (χ1n) is 23.7. The van der Waals surface area contributed by atoms with Crippen LogP contribution in [0.4, 0.5) is 0 Å². The van der Waals surface area contributed by atoms with Crippen LogP contribution in [0.15, 0.2) is 215 Å². The molecule has 0 saturated carbocycles. The van der Waals surface area contributed by atoms with Crippen LogP contribution < -0.4 is 0 Å². The van der Waals surface area contributed by atoms with Gasteiger partial charge in [0.1, 0.15) is 22.3 Å². The van der Waals surface area contributed by atoms with Crippen LogP contribution in [-0.4, -0.2) is 19.5 Å². The standard InChI is InChI=1S/C63H34N4O2S2/c1-2-13-37(14-3-1)67-48-30-32-55-58(43-17-6-9-26-54(43)70-55)57(48)44-20-10-18-38(59(44)67)35-28-31-50-47(33-35)56-45(21-12-24-51(56)68-50)62-64-61(36-27-29-40-39-15-4-7-23-49(39)69-52(40)34-36)65-63(66-62)46-22-11-19-42-41-16-5-8-25-53(41)71-60(42)46/h1-34H. The number of aromatic nitrogens is 4. The van der Waals surface area contributed by atoms with Crippen molar-refractivity contribution in [2.75, 3.05) is 0 Å². The van der Waals surface area contributed by atoms with Gasteiger partial charge in [-0.05, 0) is 84.4 Å². The zero-order valence-electron chi connectivity index (χ0n) is 37.6. The fraction of sp³-hybridized carbons (Fsp3) is 0. The number of nitrogens with zero attached hydrogens (tertiary/aromatic N) is 4. The fourth-order valence-electron chi connectivity index (χ4n) is 11.2. The highest BCUT2D eigenvalue weighted by atomic mass is 32.1. The molecule has 6 nitrogen and oxygen atoms in total. The molecule has 0 amide bonds. The summed E-state index contributed by atoms with van der Waals surface area (Å²) in [5.74, 6) is 1.72. The minimum absolute atomic E-state index is 0.559. The minimum atomic E-state index is 0.559. The van der Waals surface area contributed by atoms with Crippen molar-refractivity contribution in [2.24, 2.45) is 0 Å². The van der Waals surface area contributed by atoms with Crippen molar-refractivity contribution in [2.45, 2.75) is 0 Å². The van der Waals surface area contributed by atoms with Crippen LogP contribution >= 0.6 is 22.7 Å². The Morgan fingerprint density at radius 3 is 1.86 bits per heavy atom. The molecular formula is C63H34N4O2S2. The quantitative estimate of drug-likeness (QED) is 0.172. The summed E-state index contributed by atoms with van der Waals surface area (Å²) in [6, 6.07) is 73.1. The third-order valence-corrected chi connectivity index (χ3v) is 16.6. The highest BCUT2D eigenvalue weighted by molar-refractivity contribution is 7.26. The second-order valence-corrected chi connectivity index (χ2v) is 20.3. The van der Waals surface area contributed by atoms with E-state index in [4.69, 9.17) is 23.8 Å². The molecule has 0 saturated heterocycles. The van der Waals surface area contributed by atoms with Crippen LogP contribution in [0.1, 0.15) is 0 Å². The third-order valence-electron chi connectivity index (χ3n) is 14.3. The minimum Gasteiger partial charge on any atom is -0.456 e. The Balaban J connectivity index is 0.939. The molecule has 0 atom stereocenters. The van der Waals surface area contributed by atoms with Gasteiger partial charge in [0.2, 0.25) is 0 Å². The first-order chi connectivity index (χ1) is 35.2. The summed E-state index contributed by atoms with van der Waals surface area (Å²) in [7, 11) is 0. The van der Waals surface area contributed by atoms with Crippen molar-refractivity contribution >= 4 is 129 Å². The van der Waals surface area contributed by atoms with E-state index >= 15 is 0 Å². The molecule has 0 N–H and O–H groups in total. The molecular weight excluding hydrogens is 909 g/mol. The largest absolute Gasteiger partial charge is 0.456 e. The fourth-order valence-corrected chi connectivity index (χ4v) is 13.5. The summed E-state index contributed by atoms with van der Waals surface area (Å²) in [4.78, 5) is 16.0. The first kappa shape index (κ1) is 39.0. The lowest BCUT2D eigenvalue weighted by Gasteiger charge is -2.12. The number of fused-ring (bicyclic) bond motifs is 16. The molecule has 8 heteroatoms. The molecule has 0 spiro atoms. The smallest absolute Gasteiger partial charge is 0.165 e. The zero-order chi connectivity index (χ0) is 46.3. The normalized spacial score (nSPS) is 12.2. The maximum absolute atomic E-state index is 6.73. The SMILES string of the molecule is c1ccc(-n2c3ccc4sc5ccccc5c4c3c3cccc(-c4ccc5oc6cccc(-c7nc(-c8ccc9c(c8)oc8ccccc89)nc(-c8cccc9c8sc8ccccc89)n7)c6c5c4)c32)cc1. The maximum Gasteiger partial charge on any atom is 0.165 e. The Kier molecular flexibility index (Phi) is 8.11. The third kappa shape index (κ3) is 5.71. The van der Waals surface area contributed by atoms with Gasteiger partial charge in [-0.25, -0.2) is 15.0 Å². The van der Waals surface area contributed by atoms with Crippen LogP contribution in [0.2, 0.25) is 0 Å².